The predicted octanol–water partition coefficient (Wildman–Crippen LogP) is 1.74. The Morgan fingerprint density at radius 3 is 2.19 bits per heavy atom. The Bertz CT molecular complexity index is 750. The van der Waals surface area contributed by atoms with E-state index in [9.17, 15) is 14.4 Å². The Labute approximate surface area is 152 Å². The number of para-hydroxylation sites is 1. The van der Waals surface area contributed by atoms with Gasteiger partial charge in [-0.25, -0.2) is 10.2 Å². The highest BCUT2D eigenvalue weighted by molar-refractivity contribution is 6.40. The van der Waals surface area contributed by atoms with Crippen molar-refractivity contribution in [1.82, 2.24) is 10.7 Å². The molecule has 0 unspecified atom stereocenters. The van der Waals surface area contributed by atoms with E-state index in [0.717, 1.165) is 5.71 Å². The van der Waals surface area contributed by atoms with E-state index in [1.54, 1.807) is 6.07 Å². The SMILES string of the molecule is CC1(C)CC(=NNC(=O)C(=O)Nc2ccccc2C(=O)O)CC(C)(C)N1. The third kappa shape index (κ3) is 5.13. The van der Waals surface area contributed by atoms with Gasteiger partial charge in [0.25, 0.3) is 0 Å². The molecular weight excluding hydrogens is 336 g/mol. The van der Waals surface area contributed by atoms with Gasteiger partial charge in [-0.15, -0.1) is 0 Å². The molecular formula is C18H24N4O4. The van der Waals surface area contributed by atoms with Gasteiger partial charge in [0.1, 0.15) is 0 Å². The maximum atomic E-state index is 12.0. The number of benzene rings is 1. The van der Waals surface area contributed by atoms with Crippen molar-refractivity contribution in [3.63, 3.8) is 0 Å². The van der Waals surface area contributed by atoms with Crippen LogP contribution in [0.5, 0.6) is 0 Å². The van der Waals surface area contributed by atoms with Crippen LogP contribution in [-0.4, -0.2) is 39.7 Å². The molecule has 2 rings (SSSR count). The van der Waals surface area contributed by atoms with Gasteiger partial charge in [-0.3, -0.25) is 9.59 Å². The number of nitrogens with zero attached hydrogens (tertiary/aromatic N) is 1. The molecule has 0 radical (unpaired) electrons. The second kappa shape index (κ2) is 7.25. The van der Waals surface area contributed by atoms with E-state index in [0.29, 0.717) is 12.8 Å². The van der Waals surface area contributed by atoms with E-state index in [2.05, 4.69) is 21.2 Å². The standard InChI is InChI=1S/C18H24N4O4/c1-17(2)9-11(10-18(3,4)22-17)20-21-15(24)14(23)19-13-8-6-5-7-12(13)16(25)26/h5-8,22H,9-10H2,1-4H3,(H,19,23)(H,21,24)(H,25,26). The van der Waals surface area contributed by atoms with Crippen LogP contribution in [0.25, 0.3) is 0 Å². The highest BCUT2D eigenvalue weighted by Crippen LogP contribution is 2.26. The minimum Gasteiger partial charge on any atom is -0.478 e. The molecule has 0 atom stereocenters. The number of piperidine rings is 1. The lowest BCUT2D eigenvalue weighted by Crippen LogP contribution is -2.58. The monoisotopic (exact) mass is 360 g/mol. The number of aromatic carboxylic acids is 1. The smallest absolute Gasteiger partial charge is 0.337 e. The molecule has 1 heterocycles. The first kappa shape index (κ1) is 19.6. The molecule has 1 aromatic rings. The van der Waals surface area contributed by atoms with Gasteiger partial charge in [0.05, 0.1) is 11.3 Å². The van der Waals surface area contributed by atoms with Gasteiger partial charge in [0, 0.05) is 29.6 Å². The summed E-state index contributed by atoms with van der Waals surface area (Å²) < 4.78 is 0. The number of rotatable bonds is 3. The molecule has 1 saturated heterocycles. The van der Waals surface area contributed by atoms with Gasteiger partial charge in [-0.1, -0.05) is 12.1 Å². The first-order chi connectivity index (χ1) is 12.0. The second-order valence-electron chi connectivity index (χ2n) is 7.67. The molecule has 0 saturated carbocycles. The molecule has 0 aromatic heterocycles. The zero-order valence-corrected chi connectivity index (χ0v) is 15.3. The number of hydrogen-bond donors (Lipinski definition) is 4. The number of hydrogen-bond acceptors (Lipinski definition) is 5. The van der Waals surface area contributed by atoms with Crippen LogP contribution in [-0.2, 0) is 9.59 Å². The van der Waals surface area contributed by atoms with Gasteiger partial charge in [-0.05, 0) is 39.8 Å². The van der Waals surface area contributed by atoms with E-state index < -0.39 is 17.8 Å². The van der Waals surface area contributed by atoms with E-state index in [1.807, 2.05) is 27.7 Å². The lowest BCUT2D eigenvalue weighted by molar-refractivity contribution is -0.136. The lowest BCUT2D eigenvalue weighted by Gasteiger charge is -2.43. The minimum absolute atomic E-state index is 0.0527. The topological polar surface area (TPSA) is 120 Å². The molecule has 0 bridgehead atoms. The molecule has 0 spiro atoms. The summed E-state index contributed by atoms with van der Waals surface area (Å²) in [5, 5.41) is 19.0. The van der Waals surface area contributed by atoms with E-state index in [-0.39, 0.29) is 22.3 Å². The summed E-state index contributed by atoms with van der Waals surface area (Å²) in [5.74, 6) is -3.12. The number of carboxylic acid groups (broad SMARTS) is 1. The van der Waals surface area contributed by atoms with Crippen LogP contribution in [0, 0.1) is 0 Å². The van der Waals surface area contributed by atoms with Crippen LogP contribution in [0.4, 0.5) is 5.69 Å². The molecule has 8 nitrogen and oxygen atoms in total. The van der Waals surface area contributed by atoms with Gasteiger partial charge >= 0.3 is 17.8 Å². The quantitative estimate of drug-likeness (QED) is 0.483. The Kier molecular flexibility index (Phi) is 5.46. The zero-order valence-electron chi connectivity index (χ0n) is 15.3. The summed E-state index contributed by atoms with van der Waals surface area (Å²) in [6, 6.07) is 5.86. The number of carbonyl (C=O) groups excluding carboxylic acids is 2. The van der Waals surface area contributed by atoms with Crippen LogP contribution < -0.4 is 16.1 Å². The Balaban J connectivity index is 2.04. The van der Waals surface area contributed by atoms with Crippen molar-refractivity contribution >= 4 is 29.2 Å². The molecule has 26 heavy (non-hydrogen) atoms. The summed E-state index contributed by atoms with van der Waals surface area (Å²) in [5.41, 5.74) is 2.65. The summed E-state index contributed by atoms with van der Waals surface area (Å²) in [4.78, 5) is 35.2. The number of carbonyl (C=O) groups is 3. The fraction of sp³-hybridized carbons (Fsp3) is 0.444. The lowest BCUT2D eigenvalue weighted by atomic mass is 9.81. The summed E-state index contributed by atoms with van der Waals surface area (Å²) in [7, 11) is 0. The molecule has 1 fully saturated rings. The van der Waals surface area contributed by atoms with Crippen molar-refractivity contribution in [3.8, 4) is 0 Å². The van der Waals surface area contributed by atoms with Crippen molar-refractivity contribution in [2.24, 2.45) is 5.10 Å². The van der Waals surface area contributed by atoms with Gasteiger partial charge in [-0.2, -0.15) is 5.10 Å². The zero-order chi connectivity index (χ0) is 19.5. The molecule has 1 aliphatic rings. The molecule has 0 aliphatic carbocycles. The van der Waals surface area contributed by atoms with Crippen LogP contribution in [0.3, 0.4) is 0 Å². The van der Waals surface area contributed by atoms with Crippen molar-refractivity contribution in [3.05, 3.63) is 29.8 Å². The molecule has 140 valence electrons. The van der Waals surface area contributed by atoms with Gasteiger partial charge in [0.15, 0.2) is 0 Å². The highest BCUT2D eigenvalue weighted by Gasteiger charge is 2.35. The number of anilines is 1. The van der Waals surface area contributed by atoms with Crippen molar-refractivity contribution in [1.29, 1.82) is 0 Å². The maximum absolute atomic E-state index is 12.0. The molecule has 2 amide bonds. The Hall–Kier alpha value is -2.74. The Morgan fingerprint density at radius 1 is 1.04 bits per heavy atom. The Morgan fingerprint density at radius 2 is 1.62 bits per heavy atom. The van der Waals surface area contributed by atoms with Crippen molar-refractivity contribution < 1.29 is 19.5 Å². The molecule has 4 N–H and O–H groups in total. The number of nitrogens with one attached hydrogen (secondary N) is 3. The van der Waals surface area contributed by atoms with Crippen molar-refractivity contribution in [2.45, 2.75) is 51.6 Å². The number of amides is 2. The summed E-state index contributed by atoms with van der Waals surface area (Å²) >= 11 is 0. The fourth-order valence-corrected chi connectivity index (χ4v) is 3.30. The van der Waals surface area contributed by atoms with Crippen LogP contribution in [0.2, 0.25) is 0 Å². The fourth-order valence-electron chi connectivity index (χ4n) is 3.30. The second-order valence-corrected chi connectivity index (χ2v) is 7.67. The predicted molar refractivity (Wildman–Crippen MR) is 98.1 cm³/mol. The van der Waals surface area contributed by atoms with E-state index >= 15 is 0 Å². The summed E-state index contributed by atoms with van der Waals surface area (Å²) in [6.45, 7) is 8.17. The molecule has 1 aliphatic heterocycles. The van der Waals surface area contributed by atoms with Crippen LogP contribution >= 0.6 is 0 Å². The van der Waals surface area contributed by atoms with Crippen LogP contribution in [0.15, 0.2) is 29.4 Å². The first-order valence-corrected chi connectivity index (χ1v) is 8.27. The highest BCUT2D eigenvalue weighted by atomic mass is 16.4. The third-order valence-electron chi connectivity index (χ3n) is 3.90. The van der Waals surface area contributed by atoms with E-state index in [4.69, 9.17) is 5.11 Å². The maximum Gasteiger partial charge on any atom is 0.337 e. The average molecular weight is 360 g/mol. The third-order valence-corrected chi connectivity index (χ3v) is 3.90. The van der Waals surface area contributed by atoms with Gasteiger partial charge in [0.2, 0.25) is 0 Å². The molecule has 1 aromatic carbocycles. The molecule has 8 heteroatoms. The number of hydrazone groups is 1. The number of carboxylic acids is 1. The largest absolute Gasteiger partial charge is 0.478 e. The normalized spacial score (nSPS) is 17.9. The average Bonchev–Trinajstić information content (AvgIpc) is 2.49. The summed E-state index contributed by atoms with van der Waals surface area (Å²) in [6.07, 6.45) is 1.28. The van der Waals surface area contributed by atoms with Gasteiger partial charge < -0.3 is 15.7 Å². The minimum atomic E-state index is -1.19. The first-order valence-electron chi connectivity index (χ1n) is 8.27. The van der Waals surface area contributed by atoms with E-state index in [1.165, 1.54) is 18.2 Å². The van der Waals surface area contributed by atoms with Crippen molar-refractivity contribution in [2.75, 3.05) is 5.32 Å². The van der Waals surface area contributed by atoms with Crippen LogP contribution in [0.1, 0.15) is 50.9 Å².